The van der Waals surface area contributed by atoms with Crippen LogP contribution in [-0.2, 0) is 20.9 Å². The lowest BCUT2D eigenvalue weighted by molar-refractivity contribution is -0.140. The van der Waals surface area contributed by atoms with Crippen molar-refractivity contribution in [1.29, 1.82) is 0 Å². The van der Waals surface area contributed by atoms with Crippen molar-refractivity contribution >= 4 is 34.6 Å². The first kappa shape index (κ1) is 18.2. The summed E-state index contributed by atoms with van der Waals surface area (Å²) in [5.74, 6) is -0.209. The van der Waals surface area contributed by atoms with Gasteiger partial charge in [-0.15, -0.1) is 0 Å². The second kappa shape index (κ2) is 6.62. The monoisotopic (exact) mass is 405 g/mol. The van der Waals surface area contributed by atoms with Gasteiger partial charge >= 0.3 is 6.16 Å². The Kier molecular flexibility index (Phi) is 4.02. The van der Waals surface area contributed by atoms with Crippen molar-refractivity contribution in [1.82, 2.24) is 9.47 Å². The van der Waals surface area contributed by atoms with E-state index in [1.54, 1.807) is 7.05 Å². The summed E-state index contributed by atoms with van der Waals surface area (Å²) in [4.78, 5) is 41.5. The number of piperazine rings is 1. The van der Waals surface area contributed by atoms with Crippen LogP contribution in [0.4, 0.5) is 10.5 Å². The number of ether oxygens (including phenoxy) is 2. The standard InChI is InChI=1S/C22H19N3O5/c1-23-12-17(26)25-15-9-5-3-7-13(15)11-24-16-10-6-4-8-14(16)20(30-22(28)29-2)18(24)19(25)21(23)27/h3-10,19H,11-12H2,1-2H3. The largest absolute Gasteiger partial charge is 0.513 e. The van der Waals surface area contributed by atoms with Gasteiger partial charge in [0.2, 0.25) is 5.91 Å². The van der Waals surface area contributed by atoms with E-state index >= 15 is 0 Å². The maximum atomic E-state index is 13.4. The molecule has 0 bridgehead atoms. The Balaban J connectivity index is 1.87. The normalized spacial score (nSPS) is 17.9. The molecule has 0 radical (unpaired) electrons. The highest BCUT2D eigenvalue weighted by Crippen LogP contribution is 2.46. The number of rotatable bonds is 1. The summed E-state index contributed by atoms with van der Waals surface area (Å²) in [5, 5.41) is 0.672. The molecule has 0 spiro atoms. The minimum atomic E-state index is -0.952. The van der Waals surface area contributed by atoms with Crippen LogP contribution in [0.15, 0.2) is 48.5 Å². The topological polar surface area (TPSA) is 81.1 Å². The molecule has 152 valence electrons. The van der Waals surface area contributed by atoms with Crippen molar-refractivity contribution < 1.29 is 23.9 Å². The number of amides is 2. The minimum absolute atomic E-state index is 0.0168. The molecule has 8 heteroatoms. The van der Waals surface area contributed by atoms with Crippen molar-refractivity contribution in [3.8, 4) is 5.75 Å². The minimum Gasteiger partial charge on any atom is -0.437 e. The van der Waals surface area contributed by atoms with Gasteiger partial charge in [0.15, 0.2) is 11.8 Å². The molecule has 5 rings (SSSR count). The van der Waals surface area contributed by atoms with Crippen molar-refractivity contribution in [2.75, 3.05) is 25.6 Å². The molecule has 1 aromatic heterocycles. The molecule has 1 saturated heterocycles. The second-order valence-corrected chi connectivity index (χ2v) is 7.36. The number of fused-ring (bicyclic) bond motifs is 7. The summed E-state index contributed by atoms with van der Waals surface area (Å²) in [6.45, 7) is 0.408. The van der Waals surface area contributed by atoms with E-state index < -0.39 is 12.2 Å². The number of hydrogen-bond donors (Lipinski definition) is 0. The number of anilines is 1. The van der Waals surface area contributed by atoms with Crippen LogP contribution in [0.5, 0.6) is 5.75 Å². The molecule has 1 atom stereocenters. The lowest BCUT2D eigenvalue weighted by atomic mass is 10.0. The van der Waals surface area contributed by atoms with Gasteiger partial charge in [0, 0.05) is 12.4 Å². The Morgan fingerprint density at radius 2 is 1.77 bits per heavy atom. The van der Waals surface area contributed by atoms with E-state index in [4.69, 9.17) is 9.47 Å². The van der Waals surface area contributed by atoms with Gasteiger partial charge in [0.25, 0.3) is 5.91 Å². The zero-order valence-electron chi connectivity index (χ0n) is 16.5. The maximum absolute atomic E-state index is 13.4. The third-order valence-corrected chi connectivity index (χ3v) is 5.66. The second-order valence-electron chi connectivity index (χ2n) is 7.36. The van der Waals surface area contributed by atoms with Crippen LogP contribution in [0.1, 0.15) is 17.3 Å². The molecule has 1 fully saturated rings. The summed E-state index contributed by atoms with van der Waals surface area (Å²) in [6, 6.07) is 14.0. The number of likely N-dealkylation sites (N-methyl/N-ethyl adjacent to an activating group) is 1. The van der Waals surface area contributed by atoms with Crippen LogP contribution in [-0.4, -0.2) is 48.1 Å². The van der Waals surface area contributed by atoms with Crippen molar-refractivity contribution in [2.45, 2.75) is 12.6 Å². The highest BCUT2D eigenvalue weighted by Gasteiger charge is 2.46. The van der Waals surface area contributed by atoms with E-state index in [-0.39, 0.29) is 24.1 Å². The molecule has 3 aromatic rings. The first-order valence-electron chi connectivity index (χ1n) is 9.53. The van der Waals surface area contributed by atoms with Crippen molar-refractivity contribution in [3.05, 3.63) is 59.8 Å². The van der Waals surface area contributed by atoms with Crippen molar-refractivity contribution in [2.24, 2.45) is 0 Å². The first-order valence-corrected chi connectivity index (χ1v) is 9.53. The van der Waals surface area contributed by atoms with Gasteiger partial charge in [0.05, 0.1) is 37.1 Å². The van der Waals surface area contributed by atoms with E-state index in [0.29, 0.717) is 23.3 Å². The molecule has 0 aliphatic carbocycles. The van der Waals surface area contributed by atoms with E-state index in [9.17, 15) is 14.4 Å². The SMILES string of the molecule is COC(=O)Oc1c2n(c3ccccc13)Cc1ccccc1N1C(=O)CN(C)C(=O)C21. The fourth-order valence-corrected chi connectivity index (χ4v) is 4.35. The average Bonchev–Trinajstić information content (AvgIpc) is 2.94. The van der Waals surface area contributed by atoms with Gasteiger partial charge in [-0.3, -0.25) is 14.5 Å². The van der Waals surface area contributed by atoms with Gasteiger partial charge in [-0.2, -0.15) is 0 Å². The van der Waals surface area contributed by atoms with Crippen LogP contribution < -0.4 is 9.64 Å². The quantitative estimate of drug-likeness (QED) is 0.582. The highest BCUT2D eigenvalue weighted by atomic mass is 16.7. The fraction of sp³-hybridized carbons (Fsp3) is 0.227. The Morgan fingerprint density at radius 1 is 1.03 bits per heavy atom. The van der Waals surface area contributed by atoms with Crippen molar-refractivity contribution in [3.63, 3.8) is 0 Å². The number of hydrogen-bond acceptors (Lipinski definition) is 5. The third-order valence-electron chi connectivity index (χ3n) is 5.66. The Labute approximate surface area is 172 Å². The summed E-state index contributed by atoms with van der Waals surface area (Å²) < 4.78 is 12.2. The van der Waals surface area contributed by atoms with Gasteiger partial charge in [-0.05, 0) is 23.8 Å². The van der Waals surface area contributed by atoms with Crippen LogP contribution in [0.25, 0.3) is 10.9 Å². The maximum Gasteiger partial charge on any atom is 0.513 e. The zero-order chi connectivity index (χ0) is 21.0. The van der Waals surface area contributed by atoms with E-state index in [0.717, 1.165) is 11.1 Å². The third kappa shape index (κ3) is 2.50. The smallest absolute Gasteiger partial charge is 0.437 e. The van der Waals surface area contributed by atoms with Crippen LogP contribution in [0.2, 0.25) is 0 Å². The van der Waals surface area contributed by atoms with Gasteiger partial charge in [-0.1, -0.05) is 30.3 Å². The van der Waals surface area contributed by atoms with Crippen LogP contribution in [0, 0.1) is 0 Å². The Bertz CT molecular complexity index is 1210. The van der Waals surface area contributed by atoms with Crippen LogP contribution in [0.3, 0.4) is 0 Å². The number of methoxy groups -OCH3 is 1. The number of benzene rings is 2. The predicted molar refractivity (Wildman–Crippen MR) is 108 cm³/mol. The Morgan fingerprint density at radius 3 is 2.57 bits per heavy atom. The molecule has 2 aromatic carbocycles. The molecule has 1 unspecified atom stereocenters. The molecule has 30 heavy (non-hydrogen) atoms. The van der Waals surface area contributed by atoms with E-state index in [1.165, 1.54) is 16.9 Å². The molecular weight excluding hydrogens is 386 g/mol. The fourth-order valence-electron chi connectivity index (χ4n) is 4.35. The van der Waals surface area contributed by atoms with Crippen LogP contribution >= 0.6 is 0 Å². The lowest BCUT2D eigenvalue weighted by Crippen LogP contribution is -2.54. The number of nitrogens with zero attached hydrogens (tertiary/aromatic N) is 3. The van der Waals surface area contributed by atoms with Gasteiger partial charge in [0.1, 0.15) is 0 Å². The number of aromatic nitrogens is 1. The molecule has 0 N–H and O–H groups in total. The predicted octanol–water partition coefficient (Wildman–Crippen LogP) is 2.69. The summed E-state index contributed by atoms with van der Waals surface area (Å²) in [5.41, 5.74) is 2.85. The molecule has 0 saturated carbocycles. The number of carbonyl (C=O) groups is 3. The molecule has 2 aliphatic rings. The lowest BCUT2D eigenvalue weighted by Gasteiger charge is -2.38. The summed E-state index contributed by atoms with van der Waals surface area (Å²) in [7, 11) is 2.83. The number of para-hydroxylation sites is 2. The molecule has 8 nitrogen and oxygen atoms in total. The summed E-state index contributed by atoms with van der Waals surface area (Å²) >= 11 is 0. The zero-order valence-corrected chi connectivity index (χ0v) is 16.5. The highest BCUT2D eigenvalue weighted by molar-refractivity contribution is 6.08. The van der Waals surface area contributed by atoms with Gasteiger partial charge < -0.3 is 18.9 Å². The van der Waals surface area contributed by atoms with E-state index in [2.05, 4.69) is 0 Å². The van der Waals surface area contributed by atoms with Gasteiger partial charge in [-0.25, -0.2) is 4.79 Å². The number of carbonyl (C=O) groups excluding carboxylic acids is 3. The first-order chi connectivity index (χ1) is 14.5. The average molecular weight is 405 g/mol. The molecule has 2 aliphatic heterocycles. The molecular formula is C22H19N3O5. The van der Waals surface area contributed by atoms with E-state index in [1.807, 2.05) is 53.1 Å². The Hall–Kier alpha value is -3.81. The molecule has 3 heterocycles. The molecule has 2 amide bonds. The summed E-state index contributed by atoms with van der Waals surface area (Å²) in [6.07, 6.45) is -0.884.